The predicted octanol–water partition coefficient (Wildman–Crippen LogP) is 4.54. The van der Waals surface area contributed by atoms with Gasteiger partial charge in [-0.3, -0.25) is 10.2 Å². The van der Waals surface area contributed by atoms with Gasteiger partial charge >= 0.3 is 0 Å². The Labute approximate surface area is 150 Å². The van der Waals surface area contributed by atoms with Crippen LogP contribution in [0.15, 0.2) is 71.9 Å². The highest BCUT2D eigenvalue weighted by molar-refractivity contribution is 7.08. The molecule has 124 valence electrons. The smallest absolute Gasteiger partial charge is 0.247 e. The summed E-state index contributed by atoms with van der Waals surface area (Å²) in [4.78, 5) is 11.5. The molecule has 0 unspecified atom stereocenters. The summed E-state index contributed by atoms with van der Waals surface area (Å²) in [6, 6.07) is 15.0. The van der Waals surface area contributed by atoms with Crippen LogP contribution in [0.2, 0.25) is 0 Å². The molecule has 4 nitrogen and oxygen atoms in total. The molecule has 0 aliphatic rings. The Balaban J connectivity index is 1.97. The van der Waals surface area contributed by atoms with Crippen LogP contribution in [0.4, 0.5) is 11.4 Å². The van der Waals surface area contributed by atoms with Crippen LogP contribution in [-0.2, 0) is 4.79 Å². The van der Waals surface area contributed by atoms with E-state index in [1.807, 2.05) is 53.2 Å². The zero-order valence-electron chi connectivity index (χ0n) is 13.5. The first-order valence-electron chi connectivity index (χ1n) is 7.63. The van der Waals surface area contributed by atoms with Gasteiger partial charge in [0.05, 0.1) is 5.71 Å². The van der Waals surface area contributed by atoms with E-state index in [0.29, 0.717) is 22.6 Å². The van der Waals surface area contributed by atoms with Gasteiger partial charge in [-0.2, -0.15) is 11.3 Å². The molecule has 0 fully saturated rings. The van der Waals surface area contributed by atoms with Crippen molar-refractivity contribution in [2.45, 2.75) is 0 Å². The van der Waals surface area contributed by atoms with Crippen molar-refractivity contribution in [3.63, 3.8) is 0 Å². The minimum atomic E-state index is -0.255. The van der Waals surface area contributed by atoms with Gasteiger partial charge in [-0.1, -0.05) is 24.8 Å². The number of carbonyl (C=O) groups excluding carboxylic acids is 1. The molecule has 25 heavy (non-hydrogen) atoms. The first-order valence-corrected chi connectivity index (χ1v) is 8.57. The van der Waals surface area contributed by atoms with Crippen LogP contribution >= 0.6 is 11.3 Å². The average molecular weight is 347 g/mol. The van der Waals surface area contributed by atoms with E-state index in [2.05, 4.69) is 11.9 Å². The van der Waals surface area contributed by atoms with E-state index in [-0.39, 0.29) is 5.91 Å². The minimum absolute atomic E-state index is 0.255. The first-order chi connectivity index (χ1) is 12.1. The highest BCUT2D eigenvalue weighted by Crippen LogP contribution is 2.27. The number of hydrogen-bond acceptors (Lipinski definition) is 4. The second kappa shape index (κ2) is 7.15. The van der Waals surface area contributed by atoms with Gasteiger partial charge in [0.2, 0.25) is 5.91 Å². The molecule has 2 aromatic carbocycles. The highest BCUT2D eigenvalue weighted by Gasteiger charge is 2.11. The number of hydrogen-bond donors (Lipinski definition) is 3. The van der Waals surface area contributed by atoms with Crippen molar-refractivity contribution in [3.8, 4) is 11.1 Å². The summed E-state index contributed by atoms with van der Waals surface area (Å²) >= 11 is 1.55. The Bertz CT molecular complexity index is 945. The fraction of sp³-hybridized carbons (Fsp3) is 0. The number of amides is 1. The third kappa shape index (κ3) is 3.67. The molecule has 0 radical (unpaired) electrons. The van der Waals surface area contributed by atoms with E-state index in [9.17, 15) is 4.79 Å². The fourth-order valence-corrected chi connectivity index (χ4v) is 3.13. The van der Waals surface area contributed by atoms with E-state index >= 15 is 0 Å². The number of carbonyl (C=O) groups is 1. The van der Waals surface area contributed by atoms with Gasteiger partial charge in [-0.05, 0) is 52.9 Å². The largest absolute Gasteiger partial charge is 0.398 e. The van der Waals surface area contributed by atoms with Crippen molar-refractivity contribution in [1.82, 2.24) is 0 Å². The maximum Gasteiger partial charge on any atom is 0.247 e. The monoisotopic (exact) mass is 347 g/mol. The van der Waals surface area contributed by atoms with Crippen molar-refractivity contribution in [3.05, 3.63) is 83.1 Å². The molecular formula is C20H17N3OS. The summed E-state index contributed by atoms with van der Waals surface area (Å²) in [5, 5.41) is 15.0. The molecule has 0 aliphatic heterocycles. The number of nitrogens with one attached hydrogen (secondary N) is 2. The molecule has 1 aromatic heterocycles. The standard InChI is InChI=1S/C20H17N3OS/c1-2-19(24)23-16-5-3-4-13(10-16)14-6-7-18(21)17(11-14)20(22)15-8-9-25-12-15/h2-12,22H,1,21H2,(H,23,24). The number of nitrogen functional groups attached to an aromatic ring is 1. The molecule has 0 saturated heterocycles. The second-order valence-corrected chi connectivity index (χ2v) is 6.24. The third-order valence-electron chi connectivity index (χ3n) is 3.78. The fourth-order valence-electron chi connectivity index (χ4n) is 2.48. The van der Waals surface area contributed by atoms with Gasteiger partial charge < -0.3 is 11.1 Å². The molecule has 0 aliphatic carbocycles. The maximum absolute atomic E-state index is 11.5. The Morgan fingerprint density at radius 1 is 1.16 bits per heavy atom. The number of nitrogens with two attached hydrogens (primary N) is 1. The van der Waals surface area contributed by atoms with Gasteiger partial charge in [0.1, 0.15) is 0 Å². The van der Waals surface area contributed by atoms with Crippen LogP contribution in [0.1, 0.15) is 11.1 Å². The van der Waals surface area contributed by atoms with Gasteiger partial charge in [0.15, 0.2) is 0 Å². The number of anilines is 2. The van der Waals surface area contributed by atoms with Crippen LogP contribution in [0.5, 0.6) is 0 Å². The maximum atomic E-state index is 11.5. The van der Waals surface area contributed by atoms with Crippen molar-refractivity contribution in [2.75, 3.05) is 11.1 Å². The zero-order valence-corrected chi connectivity index (χ0v) is 14.3. The van der Waals surface area contributed by atoms with Crippen molar-refractivity contribution in [1.29, 1.82) is 5.41 Å². The van der Waals surface area contributed by atoms with Crippen LogP contribution in [0.3, 0.4) is 0 Å². The lowest BCUT2D eigenvalue weighted by Gasteiger charge is -2.11. The molecule has 0 spiro atoms. The first kappa shape index (κ1) is 16.7. The summed E-state index contributed by atoms with van der Waals surface area (Å²) in [6.07, 6.45) is 1.23. The molecule has 0 saturated carbocycles. The topological polar surface area (TPSA) is 79.0 Å². The molecule has 3 rings (SSSR count). The minimum Gasteiger partial charge on any atom is -0.398 e. The average Bonchev–Trinajstić information content (AvgIpc) is 3.16. The van der Waals surface area contributed by atoms with Crippen LogP contribution < -0.4 is 11.1 Å². The summed E-state index contributed by atoms with van der Waals surface area (Å²) in [5.74, 6) is -0.255. The van der Waals surface area contributed by atoms with Gasteiger partial charge in [0.25, 0.3) is 0 Å². The third-order valence-corrected chi connectivity index (χ3v) is 4.46. The lowest BCUT2D eigenvalue weighted by Crippen LogP contribution is -2.07. The summed E-state index contributed by atoms with van der Waals surface area (Å²) in [7, 11) is 0. The molecule has 0 atom stereocenters. The molecule has 1 heterocycles. The second-order valence-electron chi connectivity index (χ2n) is 5.46. The van der Waals surface area contributed by atoms with Gasteiger partial charge in [-0.25, -0.2) is 0 Å². The lowest BCUT2D eigenvalue weighted by molar-refractivity contribution is -0.111. The molecule has 3 aromatic rings. The molecule has 0 bridgehead atoms. The van der Waals surface area contributed by atoms with E-state index in [0.717, 1.165) is 16.7 Å². The number of rotatable bonds is 5. The Morgan fingerprint density at radius 3 is 2.68 bits per heavy atom. The SMILES string of the molecule is C=CC(=O)Nc1cccc(-c2ccc(N)c(C(=N)c3ccsc3)c2)c1. The Hall–Kier alpha value is -3.18. The molecule has 4 N–H and O–H groups in total. The Kier molecular flexibility index (Phi) is 4.77. The van der Waals surface area contributed by atoms with Crippen LogP contribution in [0.25, 0.3) is 11.1 Å². The molecule has 5 heteroatoms. The summed E-state index contributed by atoms with van der Waals surface area (Å²) < 4.78 is 0. The Morgan fingerprint density at radius 2 is 1.96 bits per heavy atom. The zero-order chi connectivity index (χ0) is 17.8. The van der Waals surface area contributed by atoms with Crippen molar-refractivity contribution < 1.29 is 4.79 Å². The quantitative estimate of drug-likeness (QED) is 0.360. The highest BCUT2D eigenvalue weighted by atomic mass is 32.1. The summed E-state index contributed by atoms with van der Waals surface area (Å²) in [5.41, 5.74) is 11.1. The van der Waals surface area contributed by atoms with Crippen LogP contribution in [-0.4, -0.2) is 11.6 Å². The number of benzene rings is 2. The van der Waals surface area contributed by atoms with E-state index in [1.165, 1.54) is 6.08 Å². The predicted molar refractivity (Wildman–Crippen MR) is 105 cm³/mol. The summed E-state index contributed by atoms with van der Waals surface area (Å²) in [6.45, 7) is 3.45. The lowest BCUT2D eigenvalue weighted by atomic mass is 9.97. The molecule has 1 amide bonds. The van der Waals surface area contributed by atoms with Crippen LogP contribution in [0, 0.1) is 5.41 Å². The van der Waals surface area contributed by atoms with E-state index < -0.39 is 0 Å². The van der Waals surface area contributed by atoms with Crippen molar-refractivity contribution in [2.24, 2.45) is 0 Å². The number of thiophene rings is 1. The normalized spacial score (nSPS) is 10.2. The van der Waals surface area contributed by atoms with E-state index in [1.54, 1.807) is 17.4 Å². The van der Waals surface area contributed by atoms with Gasteiger partial charge in [0, 0.05) is 27.9 Å². The molecular weight excluding hydrogens is 330 g/mol. The van der Waals surface area contributed by atoms with Crippen molar-refractivity contribution >= 4 is 34.3 Å². The van der Waals surface area contributed by atoms with E-state index in [4.69, 9.17) is 11.1 Å². The van der Waals surface area contributed by atoms with Gasteiger partial charge in [-0.15, -0.1) is 0 Å².